The van der Waals surface area contributed by atoms with Crippen LogP contribution in [-0.4, -0.2) is 22.2 Å². The number of aryl methyl sites for hydroxylation is 2. The SMILES string of the molecule is Cc1nn(C)c(C)c1C(C)NC(=O)CCN1c2ccccc2Sc2ccccc21. The Balaban J connectivity index is 1.48. The van der Waals surface area contributed by atoms with Crippen LogP contribution >= 0.6 is 11.8 Å². The van der Waals surface area contributed by atoms with E-state index < -0.39 is 0 Å². The molecule has 1 aliphatic heterocycles. The van der Waals surface area contributed by atoms with Crippen LogP contribution in [0.2, 0.25) is 0 Å². The monoisotopic (exact) mass is 406 g/mol. The molecule has 0 saturated carbocycles. The molecule has 0 spiro atoms. The Labute approximate surface area is 176 Å². The highest BCUT2D eigenvalue weighted by molar-refractivity contribution is 7.99. The molecule has 1 aliphatic rings. The second kappa shape index (κ2) is 7.95. The van der Waals surface area contributed by atoms with Crippen molar-refractivity contribution in [2.45, 2.75) is 43.0 Å². The number of hydrogen-bond donors (Lipinski definition) is 1. The molecule has 2 heterocycles. The Morgan fingerprint density at radius 2 is 1.66 bits per heavy atom. The van der Waals surface area contributed by atoms with Crippen LogP contribution in [0.15, 0.2) is 58.3 Å². The van der Waals surface area contributed by atoms with Crippen molar-refractivity contribution < 1.29 is 4.79 Å². The van der Waals surface area contributed by atoms with Gasteiger partial charge in [0.2, 0.25) is 5.91 Å². The lowest BCUT2D eigenvalue weighted by atomic mass is 10.1. The third-order valence-electron chi connectivity index (χ3n) is 5.47. The Morgan fingerprint density at radius 3 is 2.21 bits per heavy atom. The first-order chi connectivity index (χ1) is 14.0. The first-order valence-electron chi connectivity index (χ1n) is 9.88. The maximum Gasteiger partial charge on any atom is 0.222 e. The fourth-order valence-electron chi connectivity index (χ4n) is 4.04. The van der Waals surface area contributed by atoms with Gasteiger partial charge in [0.25, 0.3) is 0 Å². The molecule has 150 valence electrons. The minimum absolute atomic E-state index is 0.0494. The number of carbonyl (C=O) groups is 1. The standard InChI is InChI=1S/C23H26N4OS/c1-15(23-16(2)25-26(4)17(23)3)24-22(28)13-14-27-18-9-5-7-11-20(18)29-21-12-8-6-10-19(21)27/h5-12,15H,13-14H2,1-4H3,(H,24,28). The molecule has 0 saturated heterocycles. The topological polar surface area (TPSA) is 50.2 Å². The number of nitrogens with zero attached hydrogens (tertiary/aromatic N) is 3. The molecule has 0 fully saturated rings. The lowest BCUT2D eigenvalue weighted by molar-refractivity contribution is -0.121. The van der Waals surface area contributed by atoms with Crippen molar-refractivity contribution in [3.05, 3.63) is 65.5 Å². The summed E-state index contributed by atoms with van der Waals surface area (Å²) in [5.41, 5.74) is 5.48. The van der Waals surface area contributed by atoms with Gasteiger partial charge in [0.05, 0.1) is 23.1 Å². The van der Waals surface area contributed by atoms with E-state index in [-0.39, 0.29) is 11.9 Å². The third-order valence-corrected chi connectivity index (χ3v) is 6.60. The van der Waals surface area contributed by atoms with Crippen LogP contribution in [-0.2, 0) is 11.8 Å². The van der Waals surface area contributed by atoms with E-state index in [4.69, 9.17) is 0 Å². The largest absolute Gasteiger partial charge is 0.349 e. The number of aromatic nitrogens is 2. The smallest absolute Gasteiger partial charge is 0.222 e. The molecule has 1 atom stereocenters. The first kappa shape index (κ1) is 19.6. The number of anilines is 2. The summed E-state index contributed by atoms with van der Waals surface area (Å²) >= 11 is 1.78. The first-order valence-corrected chi connectivity index (χ1v) is 10.7. The molecule has 3 aromatic rings. The van der Waals surface area contributed by atoms with Crippen LogP contribution in [0.1, 0.15) is 36.3 Å². The van der Waals surface area contributed by atoms with E-state index in [0.717, 1.165) is 28.3 Å². The van der Waals surface area contributed by atoms with Crippen molar-refractivity contribution in [1.82, 2.24) is 15.1 Å². The Morgan fingerprint density at radius 1 is 1.07 bits per heavy atom. The molecule has 1 aromatic heterocycles. The van der Waals surface area contributed by atoms with Crippen molar-refractivity contribution in [3.8, 4) is 0 Å². The zero-order valence-electron chi connectivity index (χ0n) is 17.3. The van der Waals surface area contributed by atoms with Gasteiger partial charge in [-0.2, -0.15) is 5.10 Å². The normalized spacial score (nSPS) is 13.6. The van der Waals surface area contributed by atoms with E-state index in [1.807, 2.05) is 32.5 Å². The van der Waals surface area contributed by atoms with Gasteiger partial charge in [-0.25, -0.2) is 0 Å². The van der Waals surface area contributed by atoms with Crippen LogP contribution in [0.5, 0.6) is 0 Å². The van der Waals surface area contributed by atoms with E-state index in [9.17, 15) is 4.79 Å². The summed E-state index contributed by atoms with van der Waals surface area (Å²) < 4.78 is 1.87. The predicted molar refractivity (Wildman–Crippen MR) is 118 cm³/mol. The molecule has 1 unspecified atom stereocenters. The van der Waals surface area contributed by atoms with Crippen molar-refractivity contribution in [2.24, 2.45) is 7.05 Å². The molecule has 1 amide bonds. The summed E-state index contributed by atoms with van der Waals surface area (Å²) in [6, 6.07) is 16.7. The van der Waals surface area contributed by atoms with Gasteiger partial charge in [-0.15, -0.1) is 0 Å². The van der Waals surface area contributed by atoms with Gasteiger partial charge >= 0.3 is 0 Å². The highest BCUT2D eigenvalue weighted by Gasteiger charge is 2.24. The average molecular weight is 407 g/mol. The van der Waals surface area contributed by atoms with Gasteiger partial charge in [0, 0.05) is 41.1 Å². The molecular formula is C23H26N4OS. The van der Waals surface area contributed by atoms with Gasteiger partial charge in [0.15, 0.2) is 0 Å². The highest BCUT2D eigenvalue weighted by Crippen LogP contribution is 2.47. The molecule has 4 rings (SSSR count). The predicted octanol–water partition coefficient (Wildman–Crippen LogP) is 4.91. The molecule has 1 N–H and O–H groups in total. The molecule has 0 aliphatic carbocycles. The van der Waals surface area contributed by atoms with E-state index in [0.29, 0.717) is 13.0 Å². The molecule has 0 radical (unpaired) electrons. The van der Waals surface area contributed by atoms with Gasteiger partial charge in [-0.3, -0.25) is 9.48 Å². The lowest BCUT2D eigenvalue weighted by Crippen LogP contribution is -2.31. The molecule has 6 heteroatoms. The Bertz CT molecular complexity index is 1010. The summed E-state index contributed by atoms with van der Waals surface area (Å²) in [7, 11) is 1.93. The zero-order valence-corrected chi connectivity index (χ0v) is 18.1. The van der Waals surface area contributed by atoms with Gasteiger partial charge in [0.1, 0.15) is 0 Å². The molecule has 2 aromatic carbocycles. The van der Waals surface area contributed by atoms with Crippen molar-refractivity contribution >= 4 is 29.0 Å². The van der Waals surface area contributed by atoms with Gasteiger partial charge < -0.3 is 10.2 Å². The number of para-hydroxylation sites is 2. The minimum Gasteiger partial charge on any atom is -0.349 e. The maximum absolute atomic E-state index is 12.8. The number of hydrogen-bond acceptors (Lipinski definition) is 4. The van der Waals surface area contributed by atoms with E-state index in [2.05, 4.69) is 63.8 Å². The number of rotatable bonds is 5. The molecule has 5 nitrogen and oxygen atoms in total. The second-order valence-electron chi connectivity index (χ2n) is 7.44. The van der Waals surface area contributed by atoms with Crippen molar-refractivity contribution in [3.63, 3.8) is 0 Å². The quantitative estimate of drug-likeness (QED) is 0.654. The van der Waals surface area contributed by atoms with Crippen LogP contribution in [0, 0.1) is 13.8 Å². The minimum atomic E-state index is -0.0623. The molecule has 0 bridgehead atoms. The van der Waals surface area contributed by atoms with Crippen molar-refractivity contribution in [1.29, 1.82) is 0 Å². The van der Waals surface area contributed by atoms with Crippen LogP contribution in [0.4, 0.5) is 11.4 Å². The maximum atomic E-state index is 12.8. The van der Waals surface area contributed by atoms with E-state index in [1.54, 1.807) is 11.8 Å². The fourth-order valence-corrected chi connectivity index (χ4v) is 5.13. The second-order valence-corrected chi connectivity index (χ2v) is 8.52. The third kappa shape index (κ3) is 3.77. The summed E-state index contributed by atoms with van der Waals surface area (Å²) in [6.07, 6.45) is 0.427. The number of benzene rings is 2. The number of carbonyl (C=O) groups excluding carboxylic acids is 1. The van der Waals surface area contributed by atoms with Crippen LogP contribution in [0.25, 0.3) is 0 Å². The molecular weight excluding hydrogens is 380 g/mol. The molecule has 29 heavy (non-hydrogen) atoms. The average Bonchev–Trinajstić information content (AvgIpc) is 2.96. The number of nitrogens with one attached hydrogen (secondary N) is 1. The van der Waals surface area contributed by atoms with E-state index >= 15 is 0 Å². The number of fused-ring (bicyclic) bond motifs is 2. The van der Waals surface area contributed by atoms with Gasteiger partial charge in [-0.05, 0) is 45.0 Å². The van der Waals surface area contributed by atoms with Crippen LogP contribution < -0.4 is 10.2 Å². The Kier molecular flexibility index (Phi) is 5.37. The Hall–Kier alpha value is -2.73. The van der Waals surface area contributed by atoms with Gasteiger partial charge in [-0.1, -0.05) is 36.0 Å². The lowest BCUT2D eigenvalue weighted by Gasteiger charge is -2.32. The highest BCUT2D eigenvalue weighted by atomic mass is 32.2. The van der Waals surface area contributed by atoms with E-state index in [1.165, 1.54) is 9.79 Å². The number of amides is 1. The summed E-state index contributed by atoms with van der Waals surface area (Å²) in [5.74, 6) is 0.0494. The fraction of sp³-hybridized carbons (Fsp3) is 0.304. The van der Waals surface area contributed by atoms with Crippen molar-refractivity contribution in [2.75, 3.05) is 11.4 Å². The summed E-state index contributed by atoms with van der Waals surface area (Å²) in [6.45, 7) is 6.69. The van der Waals surface area contributed by atoms with Crippen LogP contribution in [0.3, 0.4) is 0 Å². The zero-order chi connectivity index (χ0) is 20.5. The summed E-state index contributed by atoms with van der Waals surface area (Å²) in [5, 5.41) is 7.62. The summed E-state index contributed by atoms with van der Waals surface area (Å²) in [4.78, 5) is 17.5.